The number of esters is 1. The van der Waals surface area contributed by atoms with Crippen molar-refractivity contribution in [3.63, 3.8) is 0 Å². The number of hydrogen-bond acceptors (Lipinski definition) is 6. The first-order chi connectivity index (χ1) is 18.9. The van der Waals surface area contributed by atoms with E-state index in [0.29, 0.717) is 48.8 Å². The molecule has 6 rings (SSSR count). The standard InChI is InChI=1S/C29H29N5O5/c1-32(29(11-12-29)18-39-21-9-7-19(8-10-21)28(37)38-2)26(35)22-16-30-34-14-13-33(17-25(22)34)27(36)24-15-20-5-3-4-6-23(20)31-24/h3-10,15-16,31H,11-14,17-18H2,1-2H3. The van der Waals surface area contributed by atoms with Gasteiger partial charge in [-0.25, -0.2) is 4.79 Å². The van der Waals surface area contributed by atoms with Crippen LogP contribution in [0.2, 0.25) is 0 Å². The van der Waals surface area contributed by atoms with Crippen molar-refractivity contribution in [3.8, 4) is 5.75 Å². The van der Waals surface area contributed by atoms with Crippen LogP contribution in [0.25, 0.3) is 10.9 Å². The highest BCUT2D eigenvalue weighted by atomic mass is 16.5. The number of carbonyl (C=O) groups is 3. The van der Waals surface area contributed by atoms with Crippen molar-refractivity contribution in [2.24, 2.45) is 0 Å². The third-order valence-electron chi connectivity index (χ3n) is 7.78. The molecular weight excluding hydrogens is 498 g/mol. The summed E-state index contributed by atoms with van der Waals surface area (Å²) in [7, 11) is 3.13. The van der Waals surface area contributed by atoms with Gasteiger partial charge in [0.2, 0.25) is 0 Å². The first kappa shape index (κ1) is 24.7. The van der Waals surface area contributed by atoms with Crippen molar-refractivity contribution in [2.45, 2.75) is 31.5 Å². The molecule has 1 saturated carbocycles. The average molecular weight is 528 g/mol. The van der Waals surface area contributed by atoms with Crippen molar-refractivity contribution >= 4 is 28.7 Å². The fourth-order valence-corrected chi connectivity index (χ4v) is 5.10. The van der Waals surface area contributed by atoms with E-state index < -0.39 is 11.5 Å². The van der Waals surface area contributed by atoms with Crippen LogP contribution in [0, 0.1) is 0 Å². The zero-order valence-corrected chi connectivity index (χ0v) is 21.8. The molecule has 1 aliphatic heterocycles. The maximum atomic E-state index is 13.6. The Bertz CT molecular complexity index is 1530. The van der Waals surface area contributed by atoms with Gasteiger partial charge >= 0.3 is 5.97 Å². The van der Waals surface area contributed by atoms with Gasteiger partial charge in [-0.3, -0.25) is 14.3 Å². The number of rotatable bonds is 7. The second-order valence-corrected chi connectivity index (χ2v) is 10.1. The number of methoxy groups -OCH3 is 1. The summed E-state index contributed by atoms with van der Waals surface area (Å²) in [5.41, 5.74) is 2.71. The topological polar surface area (TPSA) is 110 Å². The minimum absolute atomic E-state index is 0.101. The molecule has 0 saturated heterocycles. The van der Waals surface area contributed by atoms with E-state index in [0.717, 1.165) is 29.4 Å². The quantitative estimate of drug-likeness (QED) is 0.369. The fourth-order valence-electron chi connectivity index (χ4n) is 5.10. The summed E-state index contributed by atoms with van der Waals surface area (Å²) in [6.45, 7) is 1.67. The third kappa shape index (κ3) is 4.52. The molecule has 1 N–H and O–H groups in total. The Hall–Kier alpha value is -4.60. The highest BCUT2D eigenvalue weighted by Crippen LogP contribution is 2.42. The normalized spacial score (nSPS) is 15.5. The summed E-state index contributed by atoms with van der Waals surface area (Å²) in [5, 5.41) is 5.42. The van der Waals surface area contributed by atoms with Gasteiger partial charge < -0.3 is 24.3 Å². The summed E-state index contributed by atoms with van der Waals surface area (Å²) in [6, 6.07) is 16.4. The number of aromatic nitrogens is 3. The second kappa shape index (κ2) is 9.61. The predicted octanol–water partition coefficient (Wildman–Crippen LogP) is 3.49. The summed E-state index contributed by atoms with van der Waals surface area (Å²) in [4.78, 5) is 45.3. The van der Waals surface area contributed by atoms with Crippen LogP contribution in [0.4, 0.5) is 0 Å². The number of carbonyl (C=O) groups excluding carboxylic acids is 3. The lowest BCUT2D eigenvalue weighted by atomic mass is 10.1. The Kier molecular flexibility index (Phi) is 6.09. The lowest BCUT2D eigenvalue weighted by Crippen LogP contribution is -2.44. The number of hydrogen-bond donors (Lipinski definition) is 1. The van der Waals surface area contributed by atoms with Crippen molar-refractivity contribution in [1.29, 1.82) is 0 Å². The molecule has 10 nitrogen and oxygen atoms in total. The number of likely N-dealkylation sites (N-methyl/N-ethyl adjacent to an activating group) is 1. The SMILES string of the molecule is COC(=O)c1ccc(OCC2(N(C)C(=O)c3cnn4c3CN(C(=O)c3cc5ccccc5[nH]3)CC4)CC2)cc1. The van der Waals surface area contributed by atoms with Gasteiger partial charge in [0.15, 0.2) is 0 Å². The molecule has 2 aliphatic rings. The summed E-state index contributed by atoms with van der Waals surface area (Å²) in [6.07, 6.45) is 3.25. The molecule has 0 spiro atoms. The smallest absolute Gasteiger partial charge is 0.337 e. The largest absolute Gasteiger partial charge is 0.491 e. The molecule has 10 heteroatoms. The minimum Gasteiger partial charge on any atom is -0.491 e. The molecule has 0 radical (unpaired) electrons. The van der Waals surface area contributed by atoms with E-state index in [-0.39, 0.29) is 11.8 Å². The predicted molar refractivity (Wildman–Crippen MR) is 143 cm³/mol. The van der Waals surface area contributed by atoms with Gasteiger partial charge in [0.05, 0.1) is 48.8 Å². The number of nitrogens with zero attached hydrogens (tertiary/aromatic N) is 4. The highest BCUT2D eigenvalue weighted by Gasteiger charge is 2.50. The van der Waals surface area contributed by atoms with Crippen LogP contribution in [0.5, 0.6) is 5.75 Å². The number of ether oxygens (including phenoxy) is 2. The van der Waals surface area contributed by atoms with Crippen LogP contribution in [0.1, 0.15) is 49.7 Å². The van der Waals surface area contributed by atoms with Gasteiger partial charge in [0.1, 0.15) is 18.1 Å². The lowest BCUT2D eigenvalue weighted by Gasteiger charge is -2.30. The Balaban J connectivity index is 1.14. The number of amides is 2. The second-order valence-electron chi connectivity index (χ2n) is 10.1. The molecule has 0 bridgehead atoms. The molecular formula is C29H29N5O5. The van der Waals surface area contributed by atoms with Crippen LogP contribution in [0.3, 0.4) is 0 Å². The van der Waals surface area contributed by atoms with Crippen LogP contribution in [-0.4, -0.2) is 75.2 Å². The van der Waals surface area contributed by atoms with Crippen LogP contribution in [0.15, 0.2) is 60.8 Å². The fraction of sp³-hybridized carbons (Fsp3) is 0.310. The molecule has 39 heavy (non-hydrogen) atoms. The Morgan fingerprint density at radius 1 is 1.08 bits per heavy atom. The monoisotopic (exact) mass is 527 g/mol. The number of fused-ring (bicyclic) bond motifs is 2. The van der Waals surface area contributed by atoms with Crippen molar-refractivity contribution < 1.29 is 23.9 Å². The van der Waals surface area contributed by atoms with Gasteiger partial charge in [-0.05, 0) is 49.2 Å². The minimum atomic E-state index is -0.415. The molecule has 2 aromatic carbocycles. The first-order valence-corrected chi connectivity index (χ1v) is 12.9. The number of H-pyrrole nitrogens is 1. The van der Waals surface area contributed by atoms with Crippen LogP contribution >= 0.6 is 0 Å². The van der Waals surface area contributed by atoms with Crippen molar-refractivity contribution in [2.75, 3.05) is 27.3 Å². The van der Waals surface area contributed by atoms with E-state index in [1.807, 2.05) is 35.0 Å². The van der Waals surface area contributed by atoms with Gasteiger partial charge in [-0.15, -0.1) is 0 Å². The van der Waals surface area contributed by atoms with E-state index in [4.69, 9.17) is 9.47 Å². The molecule has 1 aliphatic carbocycles. The lowest BCUT2D eigenvalue weighted by molar-refractivity contribution is 0.0597. The van der Waals surface area contributed by atoms with Gasteiger partial charge in [0.25, 0.3) is 11.8 Å². The van der Waals surface area contributed by atoms with E-state index in [2.05, 4.69) is 10.1 Å². The van der Waals surface area contributed by atoms with E-state index >= 15 is 0 Å². The number of benzene rings is 2. The average Bonchev–Trinajstić information content (AvgIpc) is 3.45. The van der Waals surface area contributed by atoms with Gasteiger partial charge in [0, 0.05) is 24.5 Å². The molecule has 4 aromatic rings. The highest BCUT2D eigenvalue weighted by molar-refractivity contribution is 5.99. The number of para-hydroxylation sites is 1. The maximum Gasteiger partial charge on any atom is 0.337 e. The van der Waals surface area contributed by atoms with Crippen molar-refractivity contribution in [3.05, 3.63) is 83.3 Å². The summed E-state index contributed by atoms with van der Waals surface area (Å²) < 4.78 is 12.6. The molecule has 200 valence electrons. The number of aromatic amines is 1. The summed E-state index contributed by atoms with van der Waals surface area (Å²) in [5.74, 6) is -0.0329. The van der Waals surface area contributed by atoms with E-state index in [1.165, 1.54) is 7.11 Å². The molecule has 2 aromatic heterocycles. The maximum absolute atomic E-state index is 13.6. The zero-order chi connectivity index (χ0) is 27.1. The van der Waals surface area contributed by atoms with Crippen LogP contribution < -0.4 is 4.74 Å². The number of nitrogens with one attached hydrogen (secondary N) is 1. The molecule has 1 fully saturated rings. The molecule has 2 amide bonds. The Morgan fingerprint density at radius 3 is 2.56 bits per heavy atom. The van der Waals surface area contributed by atoms with Gasteiger partial charge in [-0.2, -0.15) is 5.10 Å². The molecule has 0 atom stereocenters. The molecule has 3 heterocycles. The Morgan fingerprint density at radius 2 is 1.85 bits per heavy atom. The Labute approximate surface area is 225 Å². The van der Waals surface area contributed by atoms with Crippen molar-refractivity contribution in [1.82, 2.24) is 24.6 Å². The third-order valence-corrected chi connectivity index (χ3v) is 7.78. The van der Waals surface area contributed by atoms with E-state index in [1.54, 1.807) is 47.3 Å². The van der Waals surface area contributed by atoms with E-state index in [9.17, 15) is 14.4 Å². The summed E-state index contributed by atoms with van der Waals surface area (Å²) >= 11 is 0. The zero-order valence-electron chi connectivity index (χ0n) is 21.8. The van der Waals surface area contributed by atoms with Gasteiger partial charge in [-0.1, -0.05) is 18.2 Å². The first-order valence-electron chi connectivity index (χ1n) is 12.9. The molecule has 0 unspecified atom stereocenters. The van der Waals surface area contributed by atoms with Crippen LogP contribution in [-0.2, 0) is 17.8 Å².